The van der Waals surface area contributed by atoms with Gasteiger partial charge in [0.25, 0.3) is 0 Å². The summed E-state index contributed by atoms with van der Waals surface area (Å²) in [5.74, 6) is -0.931. The molecule has 18 rings (SSSR count). The molecule has 14 aromatic carbocycles. The van der Waals surface area contributed by atoms with E-state index in [1.165, 1.54) is 0 Å². The first kappa shape index (κ1) is 93.9. The number of carboxylic acids is 2. The normalized spacial score (nSPS) is 11.9. The third kappa shape index (κ3) is 24.1. The first-order valence-corrected chi connectivity index (χ1v) is 44.8. The van der Waals surface area contributed by atoms with Gasteiger partial charge in [0.1, 0.15) is 17.2 Å². The Balaban J connectivity index is 0.000000138. The Morgan fingerprint density at radius 3 is 0.846 bits per heavy atom. The van der Waals surface area contributed by atoms with E-state index in [9.17, 15) is 28.8 Å². The standard InChI is InChI=1S/C30H28N4O2.C29H26N4O2.C26H26N4O3.C25H24N4O3/c1-36-25-14-11-21(12-15-25)20-7-9-23(10-8-20)29-27-19-24(13-16-28(27)33-34-29)32-30(35)26(17-18-31)22-5-3-2-4-6-22;30-18-17-25(20-7-3-1-4-8-20)29(34)31-22-13-16-27-26(19-22)28(33-32-27)21-11-14-24(15-12-21)35-23-9-5-2-6-10-23;27-15-14-21(18-4-2-1-3-5-18)26(33)28-20-11-12-23-22(16-20)25(30-29-23)19-9-6-17(7-10-19)8-13-24(31)32;26-13-12-20(17-4-2-1-3-5-17)25(32)27-19-10-11-22-21(15-19)24(29-28-22)18-8-6-16(7-9-18)14-23(30)31/h2-16,19,26H,17-18,31H2,1H3,(H,32,35)(H,33,34);1-16,19,25H,17-18,30H2,(H,31,34)(H,32,33);1-7,9-12,16,21H,8,13-15,27H2,(H,28,33)(H,29,30)(H,31,32);1-11,15,20H,12-14,26H2,(H,27,32)(H,28,29)(H,30,31). The van der Waals surface area contributed by atoms with Crippen molar-refractivity contribution >= 4 is 102 Å². The molecule has 4 aromatic heterocycles. The van der Waals surface area contributed by atoms with Crippen LogP contribution < -0.4 is 53.7 Å². The van der Waals surface area contributed by atoms with Gasteiger partial charge in [-0.25, -0.2) is 0 Å². The number of aryl methyl sites for hydroxylation is 1. The first-order chi connectivity index (χ1) is 66.5. The second-order valence-electron chi connectivity index (χ2n) is 32.6. The van der Waals surface area contributed by atoms with Gasteiger partial charge < -0.3 is 63.9 Å². The predicted molar refractivity (Wildman–Crippen MR) is 538 cm³/mol. The lowest BCUT2D eigenvalue weighted by Gasteiger charge is -2.16. The first-order valence-electron chi connectivity index (χ1n) is 44.8. The SMILES string of the molecule is COc1ccc(-c2ccc(-c3n[nH]c4ccc(NC(=O)C(CCN)c5ccccc5)cc34)cc2)cc1.NCCC(C(=O)Nc1ccc2[nH]nc(-c3ccc(CC(=O)O)cc3)c2c1)c1ccccc1.NCCC(C(=O)Nc1ccc2[nH]nc(-c3ccc(CCC(=O)O)cc3)c2c1)c1ccccc1.NCCC(C(=O)Nc1ccc2[nH]nc(-c3ccc(Oc4ccccc4)cc3)c2c1)c1ccccc1. The molecule has 18 aromatic rings. The minimum absolute atomic E-state index is 0.0246. The average molecular weight is 1810 g/mol. The molecule has 26 heteroatoms. The number of para-hydroxylation sites is 1. The maximum Gasteiger partial charge on any atom is 0.307 e. The maximum absolute atomic E-state index is 13.1. The number of carbonyl (C=O) groups is 6. The van der Waals surface area contributed by atoms with E-state index in [4.69, 9.17) is 42.6 Å². The van der Waals surface area contributed by atoms with Crippen molar-refractivity contribution in [3.8, 4) is 73.4 Å². The number of fused-ring (bicyclic) bond motifs is 4. The van der Waals surface area contributed by atoms with Crippen LogP contribution in [-0.4, -0.2) is 120 Å². The molecule has 18 N–H and O–H groups in total. The molecule has 4 atom stereocenters. The number of rotatable bonds is 33. The Hall–Kier alpha value is -16.8. The van der Waals surface area contributed by atoms with Gasteiger partial charge in [0, 0.05) is 73.0 Å². The number of methoxy groups -OCH3 is 1. The lowest BCUT2D eigenvalue weighted by molar-refractivity contribution is -0.137. The number of nitrogens with two attached hydrogens (primary N) is 4. The summed E-state index contributed by atoms with van der Waals surface area (Å²) in [7, 11) is 1.66. The van der Waals surface area contributed by atoms with Crippen LogP contribution in [0.5, 0.6) is 17.2 Å². The third-order valence-electron chi connectivity index (χ3n) is 23.3. The van der Waals surface area contributed by atoms with Gasteiger partial charge in [-0.3, -0.25) is 49.2 Å². The number of aromatic nitrogens is 8. The minimum atomic E-state index is -0.869. The van der Waals surface area contributed by atoms with E-state index in [0.717, 1.165) is 156 Å². The van der Waals surface area contributed by atoms with E-state index < -0.39 is 11.9 Å². The van der Waals surface area contributed by atoms with Gasteiger partial charge >= 0.3 is 11.9 Å². The summed E-state index contributed by atoms with van der Waals surface area (Å²) in [4.78, 5) is 74.0. The van der Waals surface area contributed by atoms with Crippen molar-refractivity contribution in [3.63, 3.8) is 0 Å². The Morgan fingerprint density at radius 1 is 0.301 bits per heavy atom. The number of nitrogens with one attached hydrogen (secondary N) is 8. The van der Waals surface area contributed by atoms with Crippen molar-refractivity contribution in [3.05, 3.63) is 379 Å². The largest absolute Gasteiger partial charge is 0.497 e. The lowest BCUT2D eigenvalue weighted by Crippen LogP contribution is -2.23. The van der Waals surface area contributed by atoms with Crippen molar-refractivity contribution < 1.29 is 48.5 Å². The van der Waals surface area contributed by atoms with E-state index in [2.05, 4.69) is 86.3 Å². The number of H-pyrrole nitrogens is 4. The fourth-order valence-electron chi connectivity index (χ4n) is 16.3. The van der Waals surface area contributed by atoms with Gasteiger partial charge in [0.2, 0.25) is 23.6 Å². The third-order valence-corrected chi connectivity index (χ3v) is 23.3. The minimum Gasteiger partial charge on any atom is -0.497 e. The molecule has 0 spiro atoms. The molecular weight excluding hydrogens is 1710 g/mol. The number of anilines is 4. The second kappa shape index (κ2) is 45.9. The van der Waals surface area contributed by atoms with E-state index in [1.807, 2.05) is 309 Å². The van der Waals surface area contributed by atoms with Gasteiger partial charge in [0.15, 0.2) is 0 Å². The highest BCUT2D eigenvalue weighted by atomic mass is 16.5. The summed E-state index contributed by atoms with van der Waals surface area (Å²) in [5.41, 5.74) is 44.0. The Bertz CT molecular complexity index is 7050. The van der Waals surface area contributed by atoms with E-state index in [-0.39, 0.29) is 60.1 Å². The smallest absolute Gasteiger partial charge is 0.307 e. The molecule has 0 fully saturated rings. The topological polar surface area (TPSA) is 428 Å². The number of amides is 4. The predicted octanol–water partition coefficient (Wildman–Crippen LogP) is 20.3. The molecule has 0 bridgehead atoms. The van der Waals surface area contributed by atoms with Crippen LogP contribution in [0.15, 0.2) is 346 Å². The van der Waals surface area contributed by atoms with Crippen LogP contribution in [0.3, 0.4) is 0 Å². The molecule has 0 radical (unpaired) electrons. The monoisotopic (exact) mass is 1810 g/mol. The number of carboxylic acid groups (broad SMARTS) is 2. The van der Waals surface area contributed by atoms with Crippen LogP contribution in [0.25, 0.3) is 99.8 Å². The van der Waals surface area contributed by atoms with E-state index >= 15 is 0 Å². The van der Waals surface area contributed by atoms with Gasteiger partial charge in [-0.1, -0.05) is 224 Å². The highest BCUT2D eigenvalue weighted by molar-refractivity contribution is 6.05. The zero-order valence-corrected chi connectivity index (χ0v) is 74.8. The van der Waals surface area contributed by atoms with Crippen LogP contribution in [0.1, 0.15) is 89.2 Å². The molecule has 0 saturated carbocycles. The van der Waals surface area contributed by atoms with E-state index in [1.54, 1.807) is 19.2 Å². The number of ether oxygens (including phenoxy) is 2. The van der Waals surface area contributed by atoms with Crippen LogP contribution in [-0.2, 0) is 41.6 Å². The summed E-state index contributed by atoms with van der Waals surface area (Å²) >= 11 is 0. The van der Waals surface area contributed by atoms with Gasteiger partial charge in [0.05, 0.1) is 82.0 Å². The quantitative estimate of drug-likeness (QED) is 0.0182. The molecule has 136 heavy (non-hydrogen) atoms. The van der Waals surface area contributed by atoms with Crippen molar-refractivity contribution in [2.45, 2.75) is 68.6 Å². The lowest BCUT2D eigenvalue weighted by atomic mass is 9.94. The Kier molecular flexibility index (Phi) is 31.7. The van der Waals surface area contributed by atoms with Gasteiger partial charge in [-0.2, -0.15) is 20.4 Å². The number of aliphatic carboxylic acids is 2. The summed E-state index contributed by atoms with van der Waals surface area (Å²) in [6, 6.07) is 110. The fraction of sp³-hybridized carbons (Fsp3) is 0.145. The molecule has 0 aliphatic rings. The Labute approximate surface area is 785 Å². The molecule has 684 valence electrons. The molecule has 4 heterocycles. The second-order valence-corrected chi connectivity index (χ2v) is 32.6. The van der Waals surface area contributed by atoms with E-state index in [0.29, 0.717) is 75.3 Å². The van der Waals surface area contributed by atoms with Gasteiger partial charge in [-0.15, -0.1) is 0 Å². The Morgan fingerprint density at radius 2 is 0.559 bits per heavy atom. The zero-order chi connectivity index (χ0) is 94.7. The van der Waals surface area contributed by atoms with Crippen molar-refractivity contribution in [2.24, 2.45) is 22.9 Å². The van der Waals surface area contributed by atoms with Crippen LogP contribution in [0.4, 0.5) is 22.7 Å². The molecule has 0 aliphatic carbocycles. The van der Waals surface area contributed by atoms with Crippen molar-refractivity contribution in [2.75, 3.05) is 54.6 Å². The number of carbonyl (C=O) groups excluding carboxylic acids is 4. The highest BCUT2D eigenvalue weighted by Crippen LogP contribution is 2.38. The number of hydrogen-bond donors (Lipinski definition) is 14. The maximum atomic E-state index is 13.1. The fourth-order valence-corrected chi connectivity index (χ4v) is 16.3. The molecule has 0 saturated heterocycles. The number of benzene rings is 14. The number of hydrogen-bond acceptors (Lipinski definition) is 16. The molecule has 4 amide bonds. The summed E-state index contributed by atoms with van der Waals surface area (Å²) in [6.45, 7) is 1.70. The highest BCUT2D eigenvalue weighted by Gasteiger charge is 2.26. The molecule has 26 nitrogen and oxygen atoms in total. The molecular formula is C110H104N16O10. The van der Waals surface area contributed by atoms with Gasteiger partial charge in [-0.05, 0) is 224 Å². The average Bonchev–Trinajstić information content (AvgIpc) is 1.65. The zero-order valence-electron chi connectivity index (χ0n) is 74.8. The van der Waals surface area contributed by atoms with Crippen molar-refractivity contribution in [1.82, 2.24) is 40.8 Å². The molecule has 4 unspecified atom stereocenters. The summed E-state index contributed by atoms with van der Waals surface area (Å²) < 4.78 is 11.1. The summed E-state index contributed by atoms with van der Waals surface area (Å²) in [5, 5.41) is 63.8. The molecule has 0 aliphatic heterocycles. The number of nitrogens with zero attached hydrogens (tertiary/aromatic N) is 4. The van der Waals surface area contributed by atoms with Crippen molar-refractivity contribution in [1.29, 1.82) is 0 Å². The number of aromatic amines is 4. The summed E-state index contributed by atoms with van der Waals surface area (Å²) in [6.07, 6.45) is 2.83. The van der Waals surface area contributed by atoms with Crippen LogP contribution in [0, 0.1) is 0 Å². The van der Waals surface area contributed by atoms with Crippen LogP contribution >= 0.6 is 0 Å². The van der Waals surface area contributed by atoms with Crippen LogP contribution in [0.2, 0.25) is 0 Å².